The summed E-state index contributed by atoms with van der Waals surface area (Å²) in [5.41, 5.74) is 4.27. The van der Waals surface area contributed by atoms with Crippen LogP contribution in [0.4, 0.5) is 0 Å². The molecule has 1 radical (unpaired) electrons. The molecule has 2 nitrogen and oxygen atoms in total. The van der Waals surface area contributed by atoms with Crippen LogP contribution in [0.25, 0.3) is 54.8 Å². The van der Waals surface area contributed by atoms with E-state index in [0.29, 0.717) is 5.56 Å². The second-order valence-corrected chi connectivity index (χ2v) is 25.6. The summed E-state index contributed by atoms with van der Waals surface area (Å²) in [4.78, 5) is 9.15. The molecule has 0 aliphatic rings. The van der Waals surface area contributed by atoms with E-state index in [1.165, 1.54) is 26.9 Å². The summed E-state index contributed by atoms with van der Waals surface area (Å²) >= 11 is -2.20. The van der Waals surface area contributed by atoms with Crippen molar-refractivity contribution in [2.24, 2.45) is 11.3 Å². The molecular weight excluding hydrogens is 845 g/mol. The Morgan fingerprint density at radius 1 is 0.700 bits per heavy atom. The summed E-state index contributed by atoms with van der Waals surface area (Å²) in [6, 6.07) is 41.1. The first-order chi connectivity index (χ1) is 24.9. The monoisotopic (exact) mass is 899 g/mol. The fraction of sp³-hybridized carbons (Fsp3) is 0.261. The maximum absolute atomic E-state index is 8.64. The fourth-order valence-corrected chi connectivity index (χ4v) is 9.21. The first-order valence-electron chi connectivity index (χ1n) is 19.1. The molecule has 0 unspecified atom stereocenters. The Morgan fingerprint density at radius 2 is 1.30 bits per heavy atom. The van der Waals surface area contributed by atoms with Gasteiger partial charge in [0.25, 0.3) is 0 Å². The molecule has 0 aliphatic carbocycles. The normalized spacial score (nSPS) is 13.5. The number of fused-ring (bicyclic) bond motifs is 6. The van der Waals surface area contributed by atoms with Crippen LogP contribution in [-0.4, -0.2) is 23.2 Å². The molecule has 0 bridgehead atoms. The van der Waals surface area contributed by atoms with Gasteiger partial charge in [-0.05, 0) is 39.7 Å². The summed E-state index contributed by atoms with van der Waals surface area (Å²) in [7, 11) is 0. The average molecular weight is 898 g/mol. The molecular formula is C46H48GeIrN2-2. The standard InChI is InChI=1S/C28H24N.C18H24GeN.Ir/c1-28(2,3)18-19-14-15-29-27(16-19)20-12-13-25-23-10-5-4-8-21(23)22-9-6-7-11-24(22)26(25)17-20;1-14(2)11-16-12-18(15-9-7-6-8-10-15)20-13-17(16)19(3,4)5;/h4-11,13-17H,18H2,1-3H3;6-9,12-14H,11H2,1-5H3;/q2*-1;/i18D2;11D2;. The summed E-state index contributed by atoms with van der Waals surface area (Å²) in [6.45, 7) is 9.65. The Bertz CT molecular complexity index is 2380. The zero-order valence-electron chi connectivity index (χ0n) is 34.3. The number of rotatable bonds is 6. The molecule has 0 amide bonds. The van der Waals surface area contributed by atoms with Gasteiger partial charge in [-0.2, -0.15) is 0 Å². The Kier molecular flexibility index (Phi) is 10.2. The molecule has 7 rings (SSSR count). The zero-order valence-corrected chi connectivity index (χ0v) is 34.8. The molecule has 5 aromatic carbocycles. The predicted molar refractivity (Wildman–Crippen MR) is 214 cm³/mol. The van der Waals surface area contributed by atoms with Crippen LogP contribution in [0.2, 0.25) is 17.3 Å². The van der Waals surface area contributed by atoms with E-state index in [9.17, 15) is 0 Å². The number of aromatic nitrogens is 2. The van der Waals surface area contributed by atoms with Gasteiger partial charge in [-0.1, -0.05) is 97.1 Å². The van der Waals surface area contributed by atoms with Gasteiger partial charge < -0.3 is 4.98 Å². The van der Waals surface area contributed by atoms with Crippen molar-refractivity contribution in [2.75, 3.05) is 0 Å². The number of benzene rings is 5. The van der Waals surface area contributed by atoms with Gasteiger partial charge in [0.1, 0.15) is 0 Å². The van der Waals surface area contributed by atoms with Crippen molar-refractivity contribution in [3.8, 4) is 22.5 Å². The first kappa shape index (κ1) is 32.3. The smallest absolute Gasteiger partial charge is 0.0321 e. The van der Waals surface area contributed by atoms with Crippen LogP contribution in [0.3, 0.4) is 0 Å². The third-order valence-corrected chi connectivity index (χ3v) is 12.6. The van der Waals surface area contributed by atoms with Gasteiger partial charge in [0.05, 0.1) is 0 Å². The Hall–Kier alpha value is -3.63. The van der Waals surface area contributed by atoms with Crippen LogP contribution >= 0.6 is 0 Å². The topological polar surface area (TPSA) is 25.8 Å². The molecule has 0 atom stereocenters. The minimum atomic E-state index is -2.20. The molecule has 50 heavy (non-hydrogen) atoms. The van der Waals surface area contributed by atoms with E-state index in [0.717, 1.165) is 37.9 Å². The van der Waals surface area contributed by atoms with Gasteiger partial charge in [0.2, 0.25) is 0 Å². The van der Waals surface area contributed by atoms with E-state index >= 15 is 0 Å². The van der Waals surface area contributed by atoms with Crippen molar-refractivity contribution < 1.29 is 25.6 Å². The van der Waals surface area contributed by atoms with Gasteiger partial charge in [0.15, 0.2) is 0 Å². The second kappa shape index (κ2) is 15.7. The van der Waals surface area contributed by atoms with Crippen LogP contribution < -0.4 is 4.40 Å². The fourth-order valence-electron chi connectivity index (χ4n) is 6.26. The van der Waals surface area contributed by atoms with Crippen LogP contribution in [0, 0.1) is 23.5 Å². The number of hydrogen-bond donors (Lipinski definition) is 0. The average Bonchev–Trinajstić information content (AvgIpc) is 3.14. The molecule has 0 N–H and O–H groups in total. The predicted octanol–water partition coefficient (Wildman–Crippen LogP) is 11.9. The van der Waals surface area contributed by atoms with Crippen LogP contribution in [0.5, 0.6) is 0 Å². The summed E-state index contributed by atoms with van der Waals surface area (Å²) in [6.07, 6.45) is 0.793. The van der Waals surface area contributed by atoms with Gasteiger partial charge in [0, 0.05) is 29.0 Å². The molecule has 7 aromatic rings. The van der Waals surface area contributed by atoms with Gasteiger partial charge in [-0.15, -0.1) is 23.8 Å². The van der Waals surface area contributed by atoms with Crippen LogP contribution in [0.1, 0.15) is 51.2 Å². The summed E-state index contributed by atoms with van der Waals surface area (Å²) in [5, 5.41) is 7.21. The molecule has 257 valence electrons. The van der Waals surface area contributed by atoms with Crippen molar-refractivity contribution in [3.63, 3.8) is 0 Å². The molecule has 2 heterocycles. The van der Waals surface area contributed by atoms with E-state index in [1.54, 1.807) is 12.3 Å². The first-order valence-corrected chi connectivity index (χ1v) is 24.5. The molecule has 0 saturated carbocycles. The molecule has 0 aliphatic heterocycles. The van der Waals surface area contributed by atoms with E-state index < -0.39 is 31.4 Å². The SMILES string of the molecule is [2H]C([2H])(c1cc(-c2[c-]cccc2)nc[c]1[Ge]([CH3])([CH3])[CH3])C(C)C.[2H]C([2H])(c1ccnc(-c2[c-]cc3c4ccccc4c4ccccc4c3c2)c1)C(C)(C)C.[Ir]. The van der Waals surface area contributed by atoms with Crippen LogP contribution in [-0.2, 0) is 32.9 Å². The minimum absolute atomic E-state index is 0. The van der Waals surface area contributed by atoms with Gasteiger partial charge in [-0.25, -0.2) is 0 Å². The number of nitrogens with zero attached hydrogens (tertiary/aromatic N) is 2. The number of hydrogen-bond acceptors (Lipinski definition) is 2. The minimum Gasteiger partial charge on any atom is -0.305 e. The van der Waals surface area contributed by atoms with Gasteiger partial charge in [-0.3, -0.25) is 0 Å². The van der Waals surface area contributed by atoms with Crippen LogP contribution in [0.15, 0.2) is 116 Å². The third-order valence-electron chi connectivity index (χ3n) is 8.37. The quantitative estimate of drug-likeness (QED) is 0.0944. The summed E-state index contributed by atoms with van der Waals surface area (Å²) < 4.78 is 35.5. The van der Waals surface area contributed by atoms with Gasteiger partial charge >= 0.3 is 128 Å². The second-order valence-electron chi connectivity index (χ2n) is 15.0. The Morgan fingerprint density at radius 3 is 1.88 bits per heavy atom. The van der Waals surface area contributed by atoms with Crippen molar-refractivity contribution in [3.05, 3.63) is 139 Å². The molecule has 0 saturated heterocycles. The zero-order chi connectivity index (χ0) is 38.3. The van der Waals surface area contributed by atoms with Crippen molar-refractivity contribution >= 4 is 50.0 Å². The Labute approximate surface area is 321 Å². The molecule has 2 aromatic heterocycles. The number of pyridine rings is 2. The van der Waals surface area contributed by atoms with E-state index in [2.05, 4.69) is 94.0 Å². The molecule has 4 heteroatoms. The third kappa shape index (κ3) is 8.80. The van der Waals surface area contributed by atoms with E-state index in [1.807, 2.05) is 83.3 Å². The summed E-state index contributed by atoms with van der Waals surface area (Å²) in [5.74, 6) is 6.77. The van der Waals surface area contributed by atoms with Crippen molar-refractivity contribution in [2.45, 2.75) is 64.6 Å². The van der Waals surface area contributed by atoms with E-state index in [4.69, 9.17) is 5.48 Å². The molecule has 0 spiro atoms. The maximum Gasteiger partial charge on any atom is 0.0321 e. The Balaban J connectivity index is 0.000000217. The molecule has 0 fully saturated rings. The maximum atomic E-state index is 8.64. The van der Waals surface area contributed by atoms with E-state index in [-0.39, 0.29) is 26.0 Å². The van der Waals surface area contributed by atoms with Crippen molar-refractivity contribution in [1.29, 1.82) is 0 Å². The largest absolute Gasteiger partial charge is 0.305 e. The van der Waals surface area contributed by atoms with Crippen molar-refractivity contribution in [1.82, 2.24) is 9.97 Å².